The standard InChI is InChI=1S/C36H54N2/c1-4-6-7-8-9-10-11-12-13-14-15-22-27-34(35-37-28-30-38(35)29-5-2)36(3,33-25-20-17-21-26-33)31-32-23-18-16-19-24-32/h16-21,23-26,28,30,34H,4-15,22,27,29,31H2,1-3H3/p+1. The van der Waals surface area contributed by atoms with Crippen molar-refractivity contribution < 1.29 is 4.57 Å². The highest BCUT2D eigenvalue weighted by Gasteiger charge is 2.41. The number of benzene rings is 2. The number of H-pyrrole nitrogens is 1. The number of unbranched alkanes of at least 4 members (excludes halogenated alkanes) is 11. The highest BCUT2D eigenvalue weighted by Crippen LogP contribution is 2.43. The van der Waals surface area contributed by atoms with E-state index in [1.165, 1.54) is 100 Å². The fourth-order valence-corrected chi connectivity index (χ4v) is 6.32. The van der Waals surface area contributed by atoms with Crippen molar-refractivity contribution >= 4 is 0 Å². The molecule has 38 heavy (non-hydrogen) atoms. The number of nitrogens with zero attached hydrogens (tertiary/aromatic N) is 1. The van der Waals surface area contributed by atoms with Gasteiger partial charge >= 0.3 is 0 Å². The van der Waals surface area contributed by atoms with Gasteiger partial charge in [-0.2, -0.15) is 0 Å². The summed E-state index contributed by atoms with van der Waals surface area (Å²) in [4.78, 5) is 3.71. The van der Waals surface area contributed by atoms with Gasteiger partial charge in [-0.1, -0.05) is 158 Å². The number of aryl methyl sites for hydroxylation is 1. The van der Waals surface area contributed by atoms with Gasteiger partial charge in [-0.3, -0.25) is 0 Å². The van der Waals surface area contributed by atoms with Gasteiger partial charge in [-0.15, -0.1) is 0 Å². The van der Waals surface area contributed by atoms with Crippen LogP contribution in [-0.4, -0.2) is 4.98 Å². The third kappa shape index (κ3) is 9.44. The molecular formula is C36H55N2+. The quantitative estimate of drug-likeness (QED) is 0.114. The van der Waals surface area contributed by atoms with E-state index in [-0.39, 0.29) is 5.41 Å². The number of aromatic nitrogens is 2. The van der Waals surface area contributed by atoms with Gasteiger partial charge in [-0.25, -0.2) is 9.55 Å². The molecular weight excluding hydrogens is 460 g/mol. The van der Waals surface area contributed by atoms with Crippen LogP contribution in [0.2, 0.25) is 0 Å². The molecule has 0 spiro atoms. The van der Waals surface area contributed by atoms with Gasteiger partial charge in [-0.05, 0) is 30.4 Å². The van der Waals surface area contributed by atoms with Crippen LogP contribution in [0.5, 0.6) is 0 Å². The van der Waals surface area contributed by atoms with E-state index in [0.717, 1.165) is 19.4 Å². The Morgan fingerprint density at radius 3 is 1.82 bits per heavy atom. The lowest BCUT2D eigenvalue weighted by Gasteiger charge is -2.37. The van der Waals surface area contributed by atoms with E-state index in [2.05, 4.69) is 103 Å². The molecule has 2 unspecified atom stereocenters. The van der Waals surface area contributed by atoms with E-state index in [9.17, 15) is 0 Å². The molecule has 1 heterocycles. The smallest absolute Gasteiger partial charge is 0.247 e. The summed E-state index contributed by atoms with van der Waals surface area (Å²) in [5, 5.41) is 0. The second-order valence-electron chi connectivity index (χ2n) is 11.7. The minimum atomic E-state index is 0.0146. The summed E-state index contributed by atoms with van der Waals surface area (Å²) in [5.74, 6) is 1.84. The van der Waals surface area contributed by atoms with Gasteiger partial charge in [0.15, 0.2) is 0 Å². The maximum absolute atomic E-state index is 3.71. The van der Waals surface area contributed by atoms with Gasteiger partial charge in [0.25, 0.3) is 5.82 Å². The summed E-state index contributed by atoms with van der Waals surface area (Å²) in [6.07, 6.45) is 24.6. The lowest BCUT2D eigenvalue weighted by atomic mass is 9.66. The van der Waals surface area contributed by atoms with Gasteiger partial charge in [0.05, 0.1) is 12.5 Å². The highest BCUT2D eigenvalue weighted by molar-refractivity contribution is 5.32. The molecule has 0 saturated carbocycles. The molecule has 0 fully saturated rings. The van der Waals surface area contributed by atoms with Crippen molar-refractivity contribution in [1.82, 2.24) is 4.98 Å². The summed E-state index contributed by atoms with van der Waals surface area (Å²) in [6, 6.07) is 22.4. The first-order valence-electron chi connectivity index (χ1n) is 15.8. The number of hydrogen-bond acceptors (Lipinski definition) is 0. The Balaban J connectivity index is 1.66. The molecule has 0 radical (unpaired) electrons. The Hall–Kier alpha value is -2.35. The number of hydrogen-bond donors (Lipinski definition) is 1. The van der Waals surface area contributed by atoms with Gasteiger partial charge < -0.3 is 0 Å². The van der Waals surface area contributed by atoms with Crippen molar-refractivity contribution in [3.8, 4) is 0 Å². The van der Waals surface area contributed by atoms with Crippen molar-refractivity contribution in [2.45, 2.75) is 135 Å². The lowest BCUT2D eigenvalue weighted by Crippen LogP contribution is -2.43. The van der Waals surface area contributed by atoms with Crippen LogP contribution in [0, 0.1) is 0 Å². The third-order valence-electron chi connectivity index (χ3n) is 8.55. The normalized spacial score (nSPS) is 13.9. The number of imidazole rings is 1. The molecule has 3 aromatic rings. The van der Waals surface area contributed by atoms with Crippen LogP contribution in [0.4, 0.5) is 0 Å². The second-order valence-corrected chi connectivity index (χ2v) is 11.7. The average Bonchev–Trinajstić information content (AvgIpc) is 3.40. The van der Waals surface area contributed by atoms with Crippen LogP contribution < -0.4 is 4.57 Å². The van der Waals surface area contributed by atoms with Crippen molar-refractivity contribution in [3.63, 3.8) is 0 Å². The summed E-state index contributed by atoms with van der Waals surface area (Å²) in [5.41, 5.74) is 2.89. The van der Waals surface area contributed by atoms with E-state index in [1.807, 2.05) is 0 Å². The van der Waals surface area contributed by atoms with Crippen LogP contribution in [0.25, 0.3) is 0 Å². The molecule has 2 heteroatoms. The first kappa shape index (κ1) is 30.2. The largest absolute Gasteiger partial charge is 0.258 e. The van der Waals surface area contributed by atoms with E-state index in [1.54, 1.807) is 0 Å². The van der Waals surface area contributed by atoms with Crippen molar-refractivity contribution in [2.75, 3.05) is 0 Å². The van der Waals surface area contributed by atoms with Crippen molar-refractivity contribution in [3.05, 3.63) is 90.0 Å². The van der Waals surface area contributed by atoms with E-state index in [0.29, 0.717) is 5.92 Å². The summed E-state index contributed by atoms with van der Waals surface area (Å²) in [7, 11) is 0. The van der Waals surface area contributed by atoms with E-state index in [4.69, 9.17) is 0 Å². The lowest BCUT2D eigenvalue weighted by molar-refractivity contribution is -0.704. The fraction of sp³-hybridized carbons (Fsp3) is 0.583. The molecule has 2 aromatic carbocycles. The minimum absolute atomic E-state index is 0.0146. The molecule has 1 aromatic heterocycles. The molecule has 0 aliphatic rings. The molecule has 0 amide bonds. The minimum Gasteiger partial charge on any atom is -0.247 e. The van der Waals surface area contributed by atoms with Crippen LogP contribution in [0.1, 0.15) is 134 Å². The van der Waals surface area contributed by atoms with Crippen LogP contribution in [0.15, 0.2) is 73.1 Å². The summed E-state index contributed by atoms with van der Waals surface area (Å²) >= 11 is 0. The van der Waals surface area contributed by atoms with Gasteiger partial charge in [0.1, 0.15) is 12.4 Å². The average molecular weight is 516 g/mol. The second kappa shape index (κ2) is 17.3. The topological polar surface area (TPSA) is 19.7 Å². The SMILES string of the molecule is CCCCCCCCCCCCCCC(c1[nH]cc[n+]1CCC)C(C)(Cc1ccccc1)c1ccccc1. The molecule has 1 N–H and O–H groups in total. The number of aromatic amines is 1. The zero-order valence-corrected chi connectivity index (χ0v) is 24.8. The maximum atomic E-state index is 3.71. The fourth-order valence-electron chi connectivity index (χ4n) is 6.32. The molecule has 0 aliphatic carbocycles. The molecule has 2 nitrogen and oxygen atoms in total. The van der Waals surface area contributed by atoms with E-state index < -0.39 is 0 Å². The van der Waals surface area contributed by atoms with Gasteiger partial charge in [0.2, 0.25) is 0 Å². The first-order chi connectivity index (χ1) is 18.7. The maximum Gasteiger partial charge on any atom is 0.258 e. The predicted octanol–water partition coefficient (Wildman–Crippen LogP) is 10.1. The van der Waals surface area contributed by atoms with Crippen LogP contribution >= 0.6 is 0 Å². The zero-order valence-electron chi connectivity index (χ0n) is 24.8. The number of rotatable bonds is 20. The Labute approximate surface area is 234 Å². The van der Waals surface area contributed by atoms with E-state index >= 15 is 0 Å². The molecule has 0 bridgehead atoms. The Bertz CT molecular complexity index is 977. The predicted molar refractivity (Wildman–Crippen MR) is 164 cm³/mol. The monoisotopic (exact) mass is 515 g/mol. The molecule has 208 valence electrons. The Morgan fingerprint density at radius 1 is 0.684 bits per heavy atom. The third-order valence-corrected chi connectivity index (χ3v) is 8.55. The first-order valence-corrected chi connectivity index (χ1v) is 15.8. The zero-order chi connectivity index (χ0) is 26.9. The van der Waals surface area contributed by atoms with Crippen molar-refractivity contribution in [2.24, 2.45) is 0 Å². The molecule has 2 atom stereocenters. The van der Waals surface area contributed by atoms with Crippen LogP contribution in [0.3, 0.4) is 0 Å². The molecule has 0 aliphatic heterocycles. The summed E-state index contributed by atoms with van der Waals surface area (Å²) < 4.78 is 2.48. The molecule has 0 saturated heterocycles. The Morgan fingerprint density at radius 2 is 1.24 bits per heavy atom. The Kier molecular flexibility index (Phi) is 13.7. The van der Waals surface area contributed by atoms with Crippen LogP contribution in [-0.2, 0) is 18.4 Å². The van der Waals surface area contributed by atoms with Gasteiger partial charge in [0, 0.05) is 5.41 Å². The number of nitrogens with one attached hydrogen (secondary N) is 1. The highest BCUT2D eigenvalue weighted by atomic mass is 15.1. The summed E-state index contributed by atoms with van der Waals surface area (Å²) in [6.45, 7) is 8.17. The molecule has 3 rings (SSSR count). The van der Waals surface area contributed by atoms with Crippen molar-refractivity contribution in [1.29, 1.82) is 0 Å².